The maximum absolute atomic E-state index is 12.4. The Bertz CT molecular complexity index is 614. The zero-order valence-corrected chi connectivity index (χ0v) is 14.0. The number of nitrogens with one attached hydrogen (secondary N) is 1. The van der Waals surface area contributed by atoms with Gasteiger partial charge in [-0.2, -0.15) is 0 Å². The Morgan fingerprint density at radius 1 is 1.35 bits per heavy atom. The number of anilines is 2. The van der Waals surface area contributed by atoms with E-state index in [1.807, 2.05) is 14.1 Å². The maximum atomic E-state index is 12.4. The van der Waals surface area contributed by atoms with Gasteiger partial charge in [-0.05, 0) is 28.1 Å². The third-order valence-electron chi connectivity index (χ3n) is 2.36. The molecule has 0 amide bonds. The third-order valence-corrected chi connectivity index (χ3v) is 4.12. The fourth-order valence-electron chi connectivity index (χ4n) is 1.51. The van der Waals surface area contributed by atoms with Gasteiger partial charge in [0.1, 0.15) is 16.0 Å². The summed E-state index contributed by atoms with van der Waals surface area (Å²) in [5.41, 5.74) is 0.690. The van der Waals surface area contributed by atoms with Crippen LogP contribution in [0.1, 0.15) is 0 Å². The third kappa shape index (κ3) is 3.76. The minimum Gasteiger partial charge on any atom is -0.588 e. The maximum Gasteiger partial charge on any atom is 0.223 e. The van der Waals surface area contributed by atoms with Gasteiger partial charge in [0, 0.05) is 32.6 Å². The molecule has 1 atom stereocenters. The molecule has 0 aliphatic heterocycles. The summed E-state index contributed by atoms with van der Waals surface area (Å²) in [6, 6.07) is 5.12. The molecule has 0 aliphatic rings. The highest BCUT2D eigenvalue weighted by Gasteiger charge is 2.21. The van der Waals surface area contributed by atoms with Crippen molar-refractivity contribution in [3.8, 4) is 0 Å². The lowest BCUT2D eigenvalue weighted by molar-refractivity contribution is 0.599. The Kier molecular flexibility index (Phi) is 5.09. The van der Waals surface area contributed by atoms with Crippen LogP contribution in [0.5, 0.6) is 0 Å². The van der Waals surface area contributed by atoms with Crippen molar-refractivity contribution in [2.75, 3.05) is 23.7 Å². The van der Waals surface area contributed by atoms with Crippen molar-refractivity contribution in [3.63, 3.8) is 0 Å². The molecular weight excluding hydrogens is 364 g/mol. The Labute approximate surface area is 133 Å². The quantitative estimate of drug-likeness (QED) is 0.657. The van der Waals surface area contributed by atoms with Crippen LogP contribution in [0.2, 0.25) is 5.02 Å². The molecule has 20 heavy (non-hydrogen) atoms. The van der Waals surface area contributed by atoms with E-state index in [4.69, 9.17) is 11.6 Å². The molecule has 5 nitrogen and oxygen atoms in total. The second-order valence-corrected chi connectivity index (χ2v) is 6.54. The molecule has 2 aromatic rings. The van der Waals surface area contributed by atoms with Crippen molar-refractivity contribution in [1.82, 2.24) is 9.97 Å². The first-order chi connectivity index (χ1) is 9.47. The summed E-state index contributed by atoms with van der Waals surface area (Å²) in [4.78, 5) is 10.5. The zero-order valence-electron chi connectivity index (χ0n) is 10.8. The highest BCUT2D eigenvalue weighted by atomic mass is 79.9. The van der Waals surface area contributed by atoms with E-state index in [2.05, 4.69) is 30.6 Å². The summed E-state index contributed by atoms with van der Waals surface area (Å²) in [5.74, 6) is 0.605. The first-order valence-corrected chi connectivity index (χ1v) is 7.92. The number of aromatic nitrogens is 2. The molecule has 1 unspecified atom stereocenters. The van der Waals surface area contributed by atoms with Gasteiger partial charge in [0.2, 0.25) is 4.90 Å². The molecule has 0 radical (unpaired) electrons. The second kappa shape index (κ2) is 6.62. The highest BCUT2D eigenvalue weighted by molar-refractivity contribution is 9.10. The van der Waals surface area contributed by atoms with E-state index >= 15 is 0 Å². The van der Waals surface area contributed by atoms with Crippen LogP contribution >= 0.6 is 27.5 Å². The smallest absolute Gasteiger partial charge is 0.223 e. The van der Waals surface area contributed by atoms with Crippen molar-refractivity contribution in [1.29, 1.82) is 0 Å². The minimum atomic E-state index is -1.47. The predicted molar refractivity (Wildman–Crippen MR) is 85.5 cm³/mol. The number of nitrogens with zero attached hydrogens (tertiary/aromatic N) is 3. The van der Waals surface area contributed by atoms with Crippen LogP contribution < -0.4 is 9.62 Å². The van der Waals surface area contributed by atoms with Crippen molar-refractivity contribution < 1.29 is 4.55 Å². The number of hydrogen-bond acceptors (Lipinski definition) is 5. The molecule has 106 valence electrons. The molecule has 0 saturated heterocycles. The molecular formula is C12H12BrClN4OS. The van der Waals surface area contributed by atoms with Crippen molar-refractivity contribution in [2.24, 2.45) is 0 Å². The van der Waals surface area contributed by atoms with Gasteiger partial charge < -0.3 is 9.45 Å². The van der Waals surface area contributed by atoms with Gasteiger partial charge in [0.05, 0.1) is 10.7 Å². The first-order valence-electron chi connectivity index (χ1n) is 5.60. The zero-order chi connectivity index (χ0) is 14.7. The Balaban J connectivity index is 2.28. The number of halogens is 2. The predicted octanol–water partition coefficient (Wildman–Crippen LogP) is 3.09. The van der Waals surface area contributed by atoms with Crippen LogP contribution in [0.4, 0.5) is 11.5 Å². The summed E-state index contributed by atoms with van der Waals surface area (Å²) in [6.07, 6.45) is 3.15. The lowest BCUT2D eigenvalue weighted by atomic mass is 10.4. The monoisotopic (exact) mass is 374 g/mol. The fourth-order valence-corrected chi connectivity index (χ4v) is 3.19. The van der Waals surface area contributed by atoms with Gasteiger partial charge in [-0.3, -0.25) is 0 Å². The van der Waals surface area contributed by atoms with Crippen molar-refractivity contribution >= 4 is 50.4 Å². The molecule has 8 heteroatoms. The molecule has 2 aromatic heterocycles. The molecule has 2 rings (SSSR count). The standard InChI is InChI=1S/C12H12BrClN4OS/c1-18(2)12-10(5-8(14)7-16-12)20(19)17-9-3-4-15-11(13)6-9/h3-7H,1-2H3,(H,15,17). The lowest BCUT2D eigenvalue weighted by Crippen LogP contribution is -2.20. The molecule has 0 saturated carbocycles. The minimum absolute atomic E-state index is 0.441. The summed E-state index contributed by atoms with van der Waals surface area (Å²) in [5, 5.41) is 0.441. The average Bonchev–Trinajstić information content (AvgIpc) is 2.38. The lowest BCUT2D eigenvalue weighted by Gasteiger charge is -2.18. The fraction of sp³-hybridized carbons (Fsp3) is 0.167. The van der Waals surface area contributed by atoms with Crippen LogP contribution in [-0.2, 0) is 11.4 Å². The Hall–Kier alpha value is -1.02. The van der Waals surface area contributed by atoms with E-state index in [-0.39, 0.29) is 0 Å². The normalized spacial score (nSPS) is 12.1. The molecule has 1 N–H and O–H groups in total. The van der Waals surface area contributed by atoms with Gasteiger partial charge in [-0.1, -0.05) is 11.6 Å². The number of rotatable bonds is 4. The van der Waals surface area contributed by atoms with Crippen LogP contribution in [0.15, 0.2) is 40.1 Å². The summed E-state index contributed by atoms with van der Waals surface area (Å²) in [7, 11) is 3.67. The van der Waals surface area contributed by atoms with Crippen LogP contribution in [0.25, 0.3) is 0 Å². The van der Waals surface area contributed by atoms with Gasteiger partial charge >= 0.3 is 0 Å². The second-order valence-electron chi connectivity index (χ2n) is 4.11. The molecule has 0 spiro atoms. The molecule has 0 bridgehead atoms. The van der Waals surface area contributed by atoms with E-state index in [1.165, 1.54) is 6.20 Å². The summed E-state index contributed by atoms with van der Waals surface area (Å²) in [6.45, 7) is 0. The van der Waals surface area contributed by atoms with Gasteiger partial charge in [0.15, 0.2) is 5.82 Å². The van der Waals surface area contributed by atoms with E-state index in [1.54, 1.807) is 29.3 Å². The Morgan fingerprint density at radius 2 is 2.10 bits per heavy atom. The molecule has 0 aromatic carbocycles. The van der Waals surface area contributed by atoms with E-state index in [9.17, 15) is 4.55 Å². The molecule has 2 heterocycles. The summed E-state index contributed by atoms with van der Waals surface area (Å²) >= 11 is 7.73. The van der Waals surface area contributed by atoms with E-state index in [0.29, 0.717) is 26.0 Å². The highest BCUT2D eigenvalue weighted by Crippen LogP contribution is 2.26. The van der Waals surface area contributed by atoms with Crippen LogP contribution in [-0.4, -0.2) is 28.6 Å². The van der Waals surface area contributed by atoms with Gasteiger partial charge in [0.25, 0.3) is 0 Å². The SMILES string of the molecule is CN(C)c1ncc(Cl)cc1[S+]([O-])Nc1ccnc(Br)c1. The average molecular weight is 376 g/mol. The van der Waals surface area contributed by atoms with Crippen LogP contribution in [0, 0.1) is 0 Å². The number of pyridine rings is 2. The Morgan fingerprint density at radius 3 is 2.75 bits per heavy atom. The topological polar surface area (TPSA) is 64.1 Å². The van der Waals surface area contributed by atoms with Gasteiger partial charge in [-0.25, -0.2) is 14.7 Å². The van der Waals surface area contributed by atoms with Crippen LogP contribution in [0.3, 0.4) is 0 Å². The summed E-state index contributed by atoms with van der Waals surface area (Å²) < 4.78 is 16.0. The van der Waals surface area contributed by atoms with E-state index in [0.717, 1.165) is 0 Å². The first kappa shape index (κ1) is 15.4. The molecule has 0 aliphatic carbocycles. The van der Waals surface area contributed by atoms with Crippen molar-refractivity contribution in [2.45, 2.75) is 4.90 Å². The van der Waals surface area contributed by atoms with E-state index < -0.39 is 11.4 Å². The largest absolute Gasteiger partial charge is 0.588 e. The molecule has 0 fully saturated rings. The van der Waals surface area contributed by atoms with Crippen molar-refractivity contribution in [3.05, 3.63) is 40.2 Å². The number of hydrogen-bond donors (Lipinski definition) is 1. The van der Waals surface area contributed by atoms with Gasteiger partial charge in [-0.15, -0.1) is 0 Å².